The molecule has 4 saturated heterocycles. The third kappa shape index (κ3) is 7.72. The quantitative estimate of drug-likeness (QED) is 0.199. The molecule has 1 saturated carbocycles. The summed E-state index contributed by atoms with van der Waals surface area (Å²) >= 11 is 0. The number of piperazine rings is 1. The number of halogens is 1. The maximum atomic E-state index is 16.1. The van der Waals surface area contributed by atoms with Gasteiger partial charge in [0.05, 0.1) is 23.4 Å². The molecule has 10 rings (SSSR count). The number of imide groups is 1. The summed E-state index contributed by atoms with van der Waals surface area (Å²) in [5, 5.41) is 11.1. The van der Waals surface area contributed by atoms with Gasteiger partial charge in [0.2, 0.25) is 11.8 Å². The summed E-state index contributed by atoms with van der Waals surface area (Å²) in [6.45, 7) is 15.8. The Morgan fingerprint density at radius 3 is 2.38 bits per heavy atom. The summed E-state index contributed by atoms with van der Waals surface area (Å²) in [6, 6.07) is 10.9. The fourth-order valence-electron chi connectivity index (χ4n) is 10.6. The van der Waals surface area contributed by atoms with E-state index in [1.165, 1.54) is 4.90 Å². The van der Waals surface area contributed by atoms with Gasteiger partial charge in [0.25, 0.3) is 5.91 Å². The van der Waals surface area contributed by atoms with Gasteiger partial charge in [-0.3, -0.25) is 29.7 Å². The second-order valence-electron chi connectivity index (χ2n) is 19.1. The molecule has 1 aliphatic carbocycles. The molecule has 5 fully saturated rings. The molecule has 3 amide bonds. The molecule has 2 aromatic carbocycles. The van der Waals surface area contributed by atoms with Crippen LogP contribution in [0.4, 0.5) is 15.9 Å². The first-order chi connectivity index (χ1) is 29.4. The number of fused-ring (bicyclic) bond motifs is 2. The van der Waals surface area contributed by atoms with E-state index in [0.717, 1.165) is 131 Å². The zero-order chi connectivity index (χ0) is 42.0. The standard InChI is InChI=1S/C46H57FN10O4/c1-45(2,30-12-18-54(19-13-30)37-7-5-32-34(41(37)47)27-57(44(32)60)38-8-9-40(58)50-43(38)59)56-22-20-53(21-23-56)26-29-10-16-55(17-11-29)39-25-36(48-28-49-39)42-33-24-31(61-46(3)14-15-46)4-6-35(33)51-52-42/h4-7,24-25,28-30,38H,8-23,26-27H2,1-3H3,(H,51,52)(H,50,58,59). The van der Waals surface area contributed by atoms with E-state index in [4.69, 9.17) is 4.74 Å². The lowest BCUT2D eigenvalue weighted by Crippen LogP contribution is -2.59. The topological polar surface area (TPSA) is 143 Å². The number of carbonyl (C=O) groups excluding carboxylic acids is 3. The summed E-state index contributed by atoms with van der Waals surface area (Å²) in [7, 11) is 0. The summed E-state index contributed by atoms with van der Waals surface area (Å²) in [6.07, 6.45) is 8.45. The average molecular weight is 833 g/mol. The second kappa shape index (κ2) is 15.6. The number of nitrogens with zero attached hydrogens (tertiary/aromatic N) is 8. The van der Waals surface area contributed by atoms with Crippen molar-refractivity contribution in [1.82, 2.24) is 40.2 Å². The smallest absolute Gasteiger partial charge is 0.255 e. The fraction of sp³-hybridized carbons (Fsp3) is 0.565. The SMILES string of the molecule is CC1(Oc2ccc3[nH]nc(-c4cc(N5CCC(CN6CCN(C(C)(C)C7CCN(c8ccc9c(c8F)CN(C8CCC(=O)NC8=O)C9=O)CC7)CC6)CC5)ncn4)c3c2)CC1. The Kier molecular flexibility index (Phi) is 10.2. The lowest BCUT2D eigenvalue weighted by atomic mass is 9.78. The number of carbonyl (C=O) groups is 3. The number of aromatic nitrogens is 4. The number of piperidine rings is 3. The van der Waals surface area contributed by atoms with Gasteiger partial charge in [0.1, 0.15) is 35.2 Å². The number of aromatic amines is 1. The van der Waals surface area contributed by atoms with E-state index in [1.54, 1.807) is 18.5 Å². The van der Waals surface area contributed by atoms with Crippen molar-refractivity contribution in [2.24, 2.45) is 11.8 Å². The molecule has 14 nitrogen and oxygen atoms in total. The number of H-pyrrole nitrogens is 1. The molecule has 5 aliphatic heterocycles. The number of hydrogen-bond donors (Lipinski definition) is 2. The normalized spacial score (nSPS) is 23.2. The minimum Gasteiger partial charge on any atom is -0.488 e. The van der Waals surface area contributed by atoms with Crippen molar-refractivity contribution < 1.29 is 23.5 Å². The Balaban J connectivity index is 0.692. The van der Waals surface area contributed by atoms with Gasteiger partial charge in [-0.1, -0.05) is 0 Å². The van der Waals surface area contributed by atoms with Gasteiger partial charge in [-0.05, 0) is 108 Å². The van der Waals surface area contributed by atoms with Crippen molar-refractivity contribution in [2.75, 3.05) is 68.7 Å². The van der Waals surface area contributed by atoms with Crippen LogP contribution in [0, 0.1) is 17.7 Å². The summed E-state index contributed by atoms with van der Waals surface area (Å²) in [5.74, 6) is 1.41. The first-order valence-corrected chi connectivity index (χ1v) is 22.4. The van der Waals surface area contributed by atoms with Crippen LogP contribution in [0.5, 0.6) is 5.75 Å². The average Bonchev–Trinajstić information content (AvgIpc) is 3.68. The van der Waals surface area contributed by atoms with Gasteiger partial charge in [-0.15, -0.1) is 0 Å². The van der Waals surface area contributed by atoms with Crippen molar-refractivity contribution in [1.29, 1.82) is 0 Å². The Morgan fingerprint density at radius 2 is 1.64 bits per heavy atom. The van der Waals surface area contributed by atoms with Crippen LogP contribution in [0.1, 0.15) is 88.1 Å². The van der Waals surface area contributed by atoms with Gasteiger partial charge < -0.3 is 24.3 Å². The van der Waals surface area contributed by atoms with Crippen LogP contribution in [0.2, 0.25) is 0 Å². The largest absolute Gasteiger partial charge is 0.488 e. The maximum absolute atomic E-state index is 16.1. The Bertz CT molecular complexity index is 2340. The Morgan fingerprint density at radius 1 is 0.885 bits per heavy atom. The van der Waals surface area contributed by atoms with E-state index in [0.29, 0.717) is 28.7 Å². The number of nitrogens with one attached hydrogen (secondary N) is 2. The van der Waals surface area contributed by atoms with Gasteiger partial charge in [0, 0.05) is 93.4 Å². The molecule has 1 unspecified atom stereocenters. The van der Waals surface area contributed by atoms with Gasteiger partial charge in [-0.2, -0.15) is 5.10 Å². The van der Waals surface area contributed by atoms with Gasteiger partial charge in [0.15, 0.2) is 5.82 Å². The molecule has 0 radical (unpaired) electrons. The molecule has 0 spiro atoms. The van der Waals surface area contributed by atoms with E-state index in [1.807, 2.05) is 12.1 Å². The molecule has 15 heteroatoms. The molecule has 7 heterocycles. The van der Waals surface area contributed by atoms with Gasteiger partial charge in [-0.25, -0.2) is 14.4 Å². The minimum atomic E-state index is -0.758. The van der Waals surface area contributed by atoms with Crippen molar-refractivity contribution >= 4 is 40.1 Å². The van der Waals surface area contributed by atoms with Crippen molar-refractivity contribution in [3.63, 3.8) is 0 Å². The Hall–Kier alpha value is -5.15. The summed E-state index contributed by atoms with van der Waals surface area (Å²) in [5.41, 5.74) is 3.76. The highest BCUT2D eigenvalue weighted by Crippen LogP contribution is 2.41. The molecule has 0 bridgehead atoms. The van der Waals surface area contributed by atoms with Crippen molar-refractivity contribution in [3.05, 3.63) is 59.7 Å². The minimum absolute atomic E-state index is 0.0263. The number of anilines is 2. The monoisotopic (exact) mass is 832 g/mol. The van der Waals surface area contributed by atoms with Crippen LogP contribution in [0.15, 0.2) is 42.7 Å². The number of rotatable bonds is 10. The molecular formula is C46H57FN10O4. The highest BCUT2D eigenvalue weighted by Gasteiger charge is 2.43. The fourth-order valence-corrected chi connectivity index (χ4v) is 10.6. The number of benzene rings is 2. The number of ether oxygens (including phenoxy) is 1. The molecule has 2 aromatic heterocycles. The maximum Gasteiger partial charge on any atom is 0.255 e. The highest BCUT2D eigenvalue weighted by atomic mass is 19.1. The van der Waals surface area contributed by atoms with Crippen LogP contribution in [0.3, 0.4) is 0 Å². The van der Waals surface area contributed by atoms with Crippen LogP contribution < -0.4 is 19.9 Å². The number of hydrogen-bond acceptors (Lipinski definition) is 11. The van der Waals surface area contributed by atoms with Crippen LogP contribution >= 0.6 is 0 Å². The third-order valence-electron chi connectivity index (χ3n) is 14.9. The first-order valence-electron chi connectivity index (χ1n) is 22.4. The zero-order valence-electron chi connectivity index (χ0n) is 35.6. The lowest BCUT2D eigenvalue weighted by Gasteiger charge is -2.50. The molecule has 322 valence electrons. The van der Waals surface area contributed by atoms with E-state index < -0.39 is 11.9 Å². The van der Waals surface area contributed by atoms with Crippen molar-refractivity contribution in [3.8, 4) is 17.1 Å². The molecule has 2 N–H and O–H groups in total. The molecule has 4 aromatic rings. The molecule has 61 heavy (non-hydrogen) atoms. The predicted octanol–water partition coefficient (Wildman–Crippen LogP) is 5.38. The van der Waals surface area contributed by atoms with Crippen LogP contribution in [-0.4, -0.2) is 129 Å². The van der Waals surface area contributed by atoms with E-state index in [9.17, 15) is 14.4 Å². The highest BCUT2D eigenvalue weighted by molar-refractivity contribution is 6.05. The van der Waals surface area contributed by atoms with E-state index in [2.05, 4.69) is 78.0 Å². The molecule has 1 atom stereocenters. The second-order valence-corrected chi connectivity index (χ2v) is 19.1. The summed E-state index contributed by atoms with van der Waals surface area (Å²) < 4.78 is 22.3. The van der Waals surface area contributed by atoms with E-state index in [-0.39, 0.29) is 48.2 Å². The number of amides is 3. The third-order valence-corrected chi connectivity index (χ3v) is 14.9. The molecular weight excluding hydrogens is 776 g/mol. The summed E-state index contributed by atoms with van der Waals surface area (Å²) in [4.78, 5) is 58.0. The van der Waals surface area contributed by atoms with Crippen LogP contribution in [0.25, 0.3) is 22.3 Å². The first kappa shape index (κ1) is 40.0. The van der Waals surface area contributed by atoms with Crippen LogP contribution in [-0.2, 0) is 16.1 Å². The van der Waals surface area contributed by atoms with Crippen molar-refractivity contribution in [2.45, 2.75) is 95.9 Å². The van der Waals surface area contributed by atoms with E-state index >= 15 is 4.39 Å². The predicted molar refractivity (Wildman–Crippen MR) is 230 cm³/mol. The Labute approximate surface area is 356 Å². The molecule has 6 aliphatic rings. The van der Waals surface area contributed by atoms with Gasteiger partial charge >= 0.3 is 0 Å². The zero-order valence-corrected chi connectivity index (χ0v) is 35.6. The lowest BCUT2D eigenvalue weighted by molar-refractivity contribution is -0.136.